The molecule has 0 saturated carbocycles. The maximum Gasteiger partial charge on any atom is 0.349 e. The molecule has 2 bridgehead atoms. The van der Waals surface area contributed by atoms with Crippen molar-refractivity contribution in [3.8, 4) is 0 Å². The van der Waals surface area contributed by atoms with Gasteiger partial charge in [0.15, 0.2) is 5.16 Å². The average Bonchev–Trinajstić information content (AvgIpc) is 3.43. The van der Waals surface area contributed by atoms with Crippen molar-refractivity contribution in [2.24, 2.45) is 5.41 Å². The second kappa shape index (κ2) is 8.36. The van der Waals surface area contributed by atoms with E-state index in [9.17, 15) is 0 Å². The summed E-state index contributed by atoms with van der Waals surface area (Å²) in [7, 11) is -3.97. The predicted octanol–water partition coefficient (Wildman–Crippen LogP) is 7.94. The SMILES string of the molecule is C=C1[C@]2(c3ccccc3)O[C@@](c3ccccc3)(c3ccccc32)[C@@]1(c1ccccc1)P1(=O)OCC(C)(C)CO1. The lowest BCUT2D eigenvalue weighted by molar-refractivity contribution is -0.0525. The Morgan fingerprint density at radius 3 is 1.67 bits per heavy atom. The molecule has 2 fully saturated rings. The van der Waals surface area contributed by atoms with E-state index in [1.165, 1.54) is 0 Å². The van der Waals surface area contributed by atoms with Gasteiger partial charge in [0.1, 0.15) is 11.2 Å². The minimum Gasteiger partial charge on any atom is -0.343 e. The smallest absolute Gasteiger partial charge is 0.343 e. The van der Waals surface area contributed by atoms with E-state index < -0.39 is 24.0 Å². The highest BCUT2D eigenvalue weighted by Gasteiger charge is 2.82. The molecule has 0 spiro atoms. The first kappa shape index (κ1) is 24.7. The summed E-state index contributed by atoms with van der Waals surface area (Å²) in [6, 6.07) is 38.4. The van der Waals surface area contributed by atoms with Crippen LogP contribution in [0.1, 0.15) is 41.7 Å². The zero-order chi connectivity index (χ0) is 26.9. The van der Waals surface area contributed by atoms with Crippen LogP contribution < -0.4 is 0 Å². The Hall–Kier alpha value is -3.27. The molecule has 7 rings (SSSR count). The fraction of sp³-hybridized carbons (Fsp3) is 0.235. The van der Waals surface area contributed by atoms with Gasteiger partial charge < -0.3 is 13.8 Å². The molecule has 3 aliphatic heterocycles. The fourth-order valence-electron chi connectivity index (χ4n) is 6.92. The predicted molar refractivity (Wildman–Crippen MR) is 153 cm³/mol. The Bertz CT molecular complexity index is 1600. The second-order valence-corrected chi connectivity index (χ2v) is 13.7. The summed E-state index contributed by atoms with van der Waals surface area (Å²) in [5.41, 5.74) is 2.65. The molecule has 3 heterocycles. The first-order valence-electron chi connectivity index (χ1n) is 13.4. The third-order valence-electron chi connectivity index (χ3n) is 8.58. The maximum absolute atomic E-state index is 15.6. The van der Waals surface area contributed by atoms with Gasteiger partial charge in [0.05, 0.1) is 13.2 Å². The van der Waals surface area contributed by atoms with E-state index >= 15 is 4.57 Å². The molecule has 4 nitrogen and oxygen atoms in total. The minimum atomic E-state index is -3.97. The van der Waals surface area contributed by atoms with E-state index in [1.54, 1.807) is 0 Å². The van der Waals surface area contributed by atoms with Crippen molar-refractivity contribution in [3.05, 3.63) is 155 Å². The Morgan fingerprint density at radius 2 is 1.10 bits per heavy atom. The van der Waals surface area contributed by atoms with Crippen LogP contribution in [0.5, 0.6) is 0 Å². The number of fused-ring (bicyclic) bond motifs is 5. The van der Waals surface area contributed by atoms with Crippen LogP contribution >= 0.6 is 7.60 Å². The van der Waals surface area contributed by atoms with Crippen LogP contribution in [-0.4, -0.2) is 13.2 Å². The van der Waals surface area contributed by atoms with Gasteiger partial charge in [0, 0.05) is 5.41 Å². The quantitative estimate of drug-likeness (QED) is 0.197. The Morgan fingerprint density at radius 1 is 0.641 bits per heavy atom. The lowest BCUT2D eigenvalue weighted by atomic mass is 9.61. The van der Waals surface area contributed by atoms with Crippen molar-refractivity contribution in [2.75, 3.05) is 13.2 Å². The molecule has 2 saturated heterocycles. The molecule has 0 aromatic heterocycles. The van der Waals surface area contributed by atoms with Crippen LogP contribution in [0.15, 0.2) is 127 Å². The van der Waals surface area contributed by atoms with Crippen molar-refractivity contribution in [1.82, 2.24) is 0 Å². The highest BCUT2D eigenvalue weighted by atomic mass is 31.2. The number of hydrogen-bond acceptors (Lipinski definition) is 4. The van der Waals surface area contributed by atoms with Crippen LogP contribution in [-0.2, 0) is 34.7 Å². The molecule has 3 atom stereocenters. The summed E-state index contributed by atoms with van der Waals surface area (Å²) in [5, 5.41) is -1.36. The monoisotopic (exact) mass is 534 g/mol. The van der Waals surface area contributed by atoms with E-state index in [4.69, 9.17) is 20.4 Å². The topological polar surface area (TPSA) is 44.8 Å². The van der Waals surface area contributed by atoms with Crippen molar-refractivity contribution in [3.63, 3.8) is 0 Å². The highest BCUT2D eigenvalue weighted by molar-refractivity contribution is 7.55. The van der Waals surface area contributed by atoms with Gasteiger partial charge in [0.2, 0.25) is 0 Å². The summed E-state index contributed by atoms with van der Waals surface area (Å²) < 4.78 is 36.1. The van der Waals surface area contributed by atoms with Crippen LogP contribution in [0.2, 0.25) is 0 Å². The largest absolute Gasteiger partial charge is 0.349 e. The van der Waals surface area contributed by atoms with Crippen LogP contribution in [0.3, 0.4) is 0 Å². The molecule has 4 aromatic carbocycles. The van der Waals surface area contributed by atoms with E-state index in [2.05, 4.69) is 38.1 Å². The molecule has 39 heavy (non-hydrogen) atoms. The van der Waals surface area contributed by atoms with E-state index in [0.29, 0.717) is 18.8 Å². The van der Waals surface area contributed by atoms with Crippen LogP contribution in [0.25, 0.3) is 0 Å². The average molecular weight is 535 g/mol. The Kier molecular flexibility index (Phi) is 5.31. The Labute approximate surface area is 229 Å². The number of hydrogen-bond donors (Lipinski definition) is 0. The maximum atomic E-state index is 15.6. The molecule has 4 aromatic rings. The highest BCUT2D eigenvalue weighted by Crippen LogP contribution is 2.85. The normalized spacial score (nSPS) is 30.2. The summed E-state index contributed by atoms with van der Waals surface area (Å²) in [6.45, 7) is 9.51. The minimum absolute atomic E-state index is 0.277. The van der Waals surface area contributed by atoms with E-state index in [-0.39, 0.29) is 5.41 Å². The zero-order valence-electron chi connectivity index (χ0n) is 22.2. The molecule has 0 amide bonds. The number of rotatable bonds is 4. The lowest BCUT2D eigenvalue weighted by Crippen LogP contribution is -2.51. The van der Waals surface area contributed by atoms with Gasteiger partial charge in [-0.2, -0.15) is 0 Å². The third kappa shape index (κ3) is 2.98. The first-order chi connectivity index (χ1) is 18.8. The molecule has 3 aliphatic rings. The second-order valence-electron chi connectivity index (χ2n) is 11.5. The molecule has 5 heteroatoms. The van der Waals surface area contributed by atoms with Crippen molar-refractivity contribution >= 4 is 7.60 Å². The number of ether oxygens (including phenoxy) is 1. The summed E-state index contributed by atoms with van der Waals surface area (Å²) >= 11 is 0. The molecule has 0 aliphatic carbocycles. The van der Waals surface area contributed by atoms with Gasteiger partial charge in [-0.25, -0.2) is 0 Å². The van der Waals surface area contributed by atoms with Gasteiger partial charge in [0.25, 0.3) is 0 Å². The molecule has 196 valence electrons. The Balaban J connectivity index is 1.67. The zero-order valence-corrected chi connectivity index (χ0v) is 23.1. The van der Waals surface area contributed by atoms with E-state index in [0.717, 1.165) is 27.8 Å². The van der Waals surface area contributed by atoms with Gasteiger partial charge in [-0.05, 0) is 33.4 Å². The fourth-order valence-corrected chi connectivity index (χ4v) is 10.1. The summed E-state index contributed by atoms with van der Waals surface area (Å²) in [4.78, 5) is 0. The van der Waals surface area contributed by atoms with Gasteiger partial charge in [-0.1, -0.05) is 136 Å². The standard InChI is InChI=1S/C34H31O4P/c1-25-32(26-15-7-4-8-16-26)29-21-13-14-22-30(29)33(38-32,27-17-9-5-10-18-27)34(25,28-19-11-6-12-20-28)39(35)36-23-31(2,3)24-37-39/h4-22H,1,23-24H2,2-3H3/t32-,33+,34-/m1/s1. The van der Waals surface area contributed by atoms with Gasteiger partial charge in [-0.3, -0.25) is 4.57 Å². The number of benzene rings is 4. The summed E-state index contributed by atoms with van der Waals surface area (Å²) in [5.74, 6) is 0. The van der Waals surface area contributed by atoms with Crippen molar-refractivity contribution in [1.29, 1.82) is 0 Å². The van der Waals surface area contributed by atoms with Crippen LogP contribution in [0.4, 0.5) is 0 Å². The van der Waals surface area contributed by atoms with E-state index in [1.807, 2.05) is 91.0 Å². The first-order valence-corrected chi connectivity index (χ1v) is 14.9. The lowest BCUT2D eigenvalue weighted by Gasteiger charge is -2.52. The van der Waals surface area contributed by atoms with Gasteiger partial charge >= 0.3 is 7.60 Å². The molecule has 0 radical (unpaired) electrons. The van der Waals surface area contributed by atoms with Crippen molar-refractivity contribution in [2.45, 2.75) is 30.2 Å². The molecular formula is C34H31O4P. The van der Waals surface area contributed by atoms with Crippen molar-refractivity contribution < 1.29 is 18.3 Å². The molecule has 0 unspecified atom stereocenters. The van der Waals surface area contributed by atoms with Crippen LogP contribution in [0, 0.1) is 5.41 Å². The third-order valence-corrected chi connectivity index (χ3v) is 11.2. The molecular weight excluding hydrogens is 503 g/mol. The van der Waals surface area contributed by atoms with Gasteiger partial charge in [-0.15, -0.1) is 0 Å². The molecule has 0 N–H and O–H groups in total. The summed E-state index contributed by atoms with van der Waals surface area (Å²) in [6.07, 6.45) is 0.